The SMILES string of the molecule is C=Cc1ccc(Oc2c(F)c(F)c(F)c(F)c2F)c(C(=O)OC(C)(C)C)c1. The van der Waals surface area contributed by atoms with E-state index in [1.54, 1.807) is 20.8 Å². The molecular formula is C19H15F5O3. The van der Waals surface area contributed by atoms with Gasteiger partial charge in [-0.05, 0) is 38.5 Å². The molecule has 0 fully saturated rings. The number of hydrogen-bond acceptors (Lipinski definition) is 3. The van der Waals surface area contributed by atoms with Gasteiger partial charge in [0.1, 0.15) is 16.9 Å². The first-order valence-corrected chi connectivity index (χ1v) is 7.65. The van der Waals surface area contributed by atoms with Crippen molar-refractivity contribution in [2.45, 2.75) is 26.4 Å². The standard InChI is InChI=1S/C19H15F5O3/c1-5-9-6-7-11(10(8-9)18(25)27-19(2,3)4)26-17-15(23)13(21)12(20)14(22)16(17)24/h5-8H,1H2,2-4H3. The van der Waals surface area contributed by atoms with Gasteiger partial charge >= 0.3 is 5.97 Å². The van der Waals surface area contributed by atoms with Crippen LogP contribution >= 0.6 is 0 Å². The molecule has 0 N–H and O–H groups in total. The molecule has 2 aromatic rings. The predicted octanol–water partition coefficient (Wildman–Crippen LogP) is 5.77. The molecule has 0 aliphatic heterocycles. The van der Waals surface area contributed by atoms with E-state index in [1.807, 2.05) is 0 Å². The Bertz CT molecular complexity index is 888. The number of carbonyl (C=O) groups excluding carboxylic acids is 1. The van der Waals surface area contributed by atoms with Crippen LogP contribution in [0, 0.1) is 29.1 Å². The summed E-state index contributed by atoms with van der Waals surface area (Å²) in [5.74, 6) is -13.8. The van der Waals surface area contributed by atoms with E-state index in [9.17, 15) is 26.7 Å². The van der Waals surface area contributed by atoms with E-state index >= 15 is 0 Å². The largest absolute Gasteiger partial charge is 0.456 e. The highest BCUT2D eigenvalue weighted by Gasteiger charge is 2.29. The molecule has 2 aromatic carbocycles. The van der Waals surface area contributed by atoms with Crippen LogP contribution in [0.15, 0.2) is 24.8 Å². The van der Waals surface area contributed by atoms with E-state index < -0.39 is 52.2 Å². The summed E-state index contributed by atoms with van der Waals surface area (Å²) < 4.78 is 77.7. The molecule has 144 valence electrons. The number of esters is 1. The Morgan fingerprint density at radius 1 is 0.963 bits per heavy atom. The van der Waals surface area contributed by atoms with Crippen molar-refractivity contribution in [1.29, 1.82) is 0 Å². The molecule has 0 radical (unpaired) electrons. The Hall–Kier alpha value is -2.90. The third-order valence-corrected chi connectivity index (χ3v) is 3.24. The van der Waals surface area contributed by atoms with Crippen LogP contribution in [-0.4, -0.2) is 11.6 Å². The van der Waals surface area contributed by atoms with E-state index in [1.165, 1.54) is 18.2 Å². The highest BCUT2D eigenvalue weighted by atomic mass is 19.2. The lowest BCUT2D eigenvalue weighted by Gasteiger charge is -2.21. The van der Waals surface area contributed by atoms with E-state index in [4.69, 9.17) is 9.47 Å². The second kappa shape index (κ2) is 7.38. The molecule has 27 heavy (non-hydrogen) atoms. The molecule has 0 aliphatic carbocycles. The van der Waals surface area contributed by atoms with Crippen LogP contribution in [0.2, 0.25) is 0 Å². The lowest BCUT2D eigenvalue weighted by atomic mass is 10.1. The van der Waals surface area contributed by atoms with Crippen molar-refractivity contribution >= 4 is 12.0 Å². The van der Waals surface area contributed by atoms with Crippen molar-refractivity contribution in [2.24, 2.45) is 0 Å². The molecule has 0 saturated carbocycles. The minimum atomic E-state index is -2.31. The fourth-order valence-corrected chi connectivity index (χ4v) is 2.04. The maximum absolute atomic E-state index is 13.9. The third kappa shape index (κ3) is 4.27. The first kappa shape index (κ1) is 20.4. The first-order chi connectivity index (χ1) is 12.5. The zero-order chi connectivity index (χ0) is 20.5. The Labute approximate surface area is 152 Å². The van der Waals surface area contributed by atoms with Gasteiger partial charge in [0.2, 0.25) is 34.8 Å². The molecule has 0 spiro atoms. The molecule has 8 heteroatoms. The Morgan fingerprint density at radius 2 is 1.48 bits per heavy atom. The summed E-state index contributed by atoms with van der Waals surface area (Å²) >= 11 is 0. The van der Waals surface area contributed by atoms with Gasteiger partial charge in [-0.2, -0.15) is 8.78 Å². The van der Waals surface area contributed by atoms with Crippen LogP contribution in [0.3, 0.4) is 0 Å². The van der Waals surface area contributed by atoms with E-state index in [2.05, 4.69) is 6.58 Å². The summed E-state index contributed by atoms with van der Waals surface area (Å²) in [6.07, 6.45) is 1.38. The average molecular weight is 386 g/mol. The van der Waals surface area contributed by atoms with Gasteiger partial charge in [0.15, 0.2) is 0 Å². The van der Waals surface area contributed by atoms with Crippen LogP contribution in [0.25, 0.3) is 6.08 Å². The van der Waals surface area contributed by atoms with Gasteiger partial charge in [-0.15, -0.1) is 0 Å². The quantitative estimate of drug-likeness (QED) is 0.290. The molecule has 0 unspecified atom stereocenters. The van der Waals surface area contributed by atoms with Gasteiger partial charge in [0, 0.05) is 0 Å². The second-order valence-corrected chi connectivity index (χ2v) is 6.46. The Kier molecular flexibility index (Phi) is 5.58. The normalized spacial score (nSPS) is 11.3. The smallest absolute Gasteiger partial charge is 0.342 e. The highest BCUT2D eigenvalue weighted by Crippen LogP contribution is 2.35. The summed E-state index contributed by atoms with van der Waals surface area (Å²) in [4.78, 5) is 12.4. The molecule has 2 rings (SSSR count). The van der Waals surface area contributed by atoms with E-state index in [-0.39, 0.29) is 5.56 Å². The van der Waals surface area contributed by atoms with Crippen LogP contribution in [0.5, 0.6) is 11.5 Å². The molecule has 0 atom stereocenters. The molecular weight excluding hydrogens is 371 g/mol. The average Bonchev–Trinajstić information content (AvgIpc) is 2.60. The molecule has 0 heterocycles. The number of benzene rings is 2. The van der Waals surface area contributed by atoms with Crippen molar-refractivity contribution in [1.82, 2.24) is 0 Å². The minimum Gasteiger partial charge on any atom is -0.456 e. The number of ether oxygens (including phenoxy) is 2. The van der Waals surface area contributed by atoms with Crippen molar-refractivity contribution in [3.05, 3.63) is 65.0 Å². The zero-order valence-corrected chi connectivity index (χ0v) is 14.6. The van der Waals surface area contributed by atoms with Gasteiger partial charge < -0.3 is 9.47 Å². The zero-order valence-electron chi connectivity index (χ0n) is 14.6. The monoisotopic (exact) mass is 386 g/mol. The molecule has 0 aliphatic rings. The topological polar surface area (TPSA) is 35.5 Å². The van der Waals surface area contributed by atoms with Crippen LogP contribution in [-0.2, 0) is 4.74 Å². The molecule has 0 aromatic heterocycles. The maximum Gasteiger partial charge on any atom is 0.342 e. The van der Waals surface area contributed by atoms with Crippen LogP contribution in [0.4, 0.5) is 22.0 Å². The second-order valence-electron chi connectivity index (χ2n) is 6.46. The van der Waals surface area contributed by atoms with Crippen LogP contribution in [0.1, 0.15) is 36.7 Å². The van der Waals surface area contributed by atoms with Gasteiger partial charge in [0.25, 0.3) is 0 Å². The summed E-state index contributed by atoms with van der Waals surface area (Å²) in [6.45, 7) is 8.30. The van der Waals surface area contributed by atoms with E-state index in [0.29, 0.717) is 5.56 Å². The summed E-state index contributed by atoms with van der Waals surface area (Å²) in [5.41, 5.74) is -0.727. The molecule has 3 nitrogen and oxygen atoms in total. The Balaban J connectivity index is 2.58. The van der Waals surface area contributed by atoms with E-state index in [0.717, 1.165) is 6.07 Å². The van der Waals surface area contributed by atoms with Gasteiger partial charge in [-0.1, -0.05) is 18.7 Å². The van der Waals surface area contributed by atoms with Gasteiger partial charge in [0.05, 0.1) is 0 Å². The number of hydrogen-bond donors (Lipinski definition) is 0. The third-order valence-electron chi connectivity index (χ3n) is 3.24. The number of rotatable bonds is 4. The first-order valence-electron chi connectivity index (χ1n) is 7.65. The summed E-state index contributed by atoms with van der Waals surface area (Å²) in [7, 11) is 0. The van der Waals surface area contributed by atoms with Crippen molar-refractivity contribution in [2.75, 3.05) is 0 Å². The fourth-order valence-electron chi connectivity index (χ4n) is 2.04. The molecule has 0 bridgehead atoms. The number of carbonyl (C=O) groups is 1. The summed E-state index contributed by atoms with van der Waals surface area (Å²) in [6, 6.07) is 3.76. The van der Waals surface area contributed by atoms with Crippen molar-refractivity contribution in [3.63, 3.8) is 0 Å². The van der Waals surface area contributed by atoms with Gasteiger partial charge in [-0.3, -0.25) is 0 Å². The fraction of sp³-hybridized carbons (Fsp3) is 0.211. The van der Waals surface area contributed by atoms with Gasteiger partial charge in [-0.25, -0.2) is 18.0 Å². The minimum absolute atomic E-state index is 0.272. The predicted molar refractivity (Wildman–Crippen MR) is 88.0 cm³/mol. The lowest BCUT2D eigenvalue weighted by Crippen LogP contribution is -2.24. The van der Waals surface area contributed by atoms with Crippen molar-refractivity contribution in [3.8, 4) is 11.5 Å². The lowest BCUT2D eigenvalue weighted by molar-refractivity contribution is 0.00669. The highest BCUT2D eigenvalue weighted by molar-refractivity contribution is 5.93. The van der Waals surface area contributed by atoms with Crippen LogP contribution < -0.4 is 4.74 Å². The Morgan fingerprint density at radius 3 is 1.96 bits per heavy atom. The number of halogens is 5. The maximum atomic E-state index is 13.9. The summed E-state index contributed by atoms with van der Waals surface area (Å²) in [5, 5.41) is 0. The molecule has 0 saturated heterocycles. The molecule has 0 amide bonds. The van der Waals surface area contributed by atoms with Crippen molar-refractivity contribution < 1.29 is 36.2 Å².